The van der Waals surface area contributed by atoms with Crippen LogP contribution in [-0.4, -0.2) is 53.7 Å². The van der Waals surface area contributed by atoms with E-state index in [1.165, 1.54) is 30.2 Å². The lowest BCUT2D eigenvalue weighted by atomic mass is 10.1. The number of nitrogens with one attached hydrogen (secondary N) is 1. The summed E-state index contributed by atoms with van der Waals surface area (Å²) in [7, 11) is 1.52. The monoisotopic (exact) mass is 679 g/mol. The Morgan fingerprint density at radius 1 is 0.878 bits per heavy atom. The predicted octanol–water partition coefficient (Wildman–Crippen LogP) is 5.86. The van der Waals surface area contributed by atoms with E-state index in [-0.39, 0.29) is 34.4 Å². The van der Waals surface area contributed by atoms with Gasteiger partial charge in [0.2, 0.25) is 0 Å². The van der Waals surface area contributed by atoms with Crippen molar-refractivity contribution in [1.29, 1.82) is 0 Å². The number of nitrogens with zero attached hydrogens (tertiary/aromatic N) is 8. The minimum absolute atomic E-state index is 0.114. The second kappa shape index (κ2) is 11.4. The van der Waals surface area contributed by atoms with Crippen molar-refractivity contribution in [2.45, 2.75) is 18.9 Å². The summed E-state index contributed by atoms with van der Waals surface area (Å²) in [5, 5.41) is 13.6. The van der Waals surface area contributed by atoms with Crippen LogP contribution in [0.5, 0.6) is 5.75 Å². The third-order valence-electron chi connectivity index (χ3n) is 7.65. The fourth-order valence-corrected chi connectivity index (χ4v) is 5.50. The first-order chi connectivity index (χ1) is 23.3. The quantitative estimate of drug-likeness (QED) is 0.208. The highest BCUT2D eigenvalue weighted by molar-refractivity contribution is 6.25. The van der Waals surface area contributed by atoms with Gasteiger partial charge in [-0.05, 0) is 29.8 Å². The number of anilines is 2. The molecule has 248 valence electrons. The maximum Gasteiger partial charge on any atom is 0.434 e. The molecule has 12 nitrogen and oxygen atoms in total. The Balaban J connectivity index is 1.26. The van der Waals surface area contributed by atoms with Crippen LogP contribution in [0.2, 0.25) is 0 Å². The first-order valence-electron chi connectivity index (χ1n) is 14.1. The van der Waals surface area contributed by atoms with Crippen molar-refractivity contribution in [3.05, 3.63) is 107 Å². The largest absolute Gasteiger partial charge is 0.497 e. The molecule has 1 N–H and O–H groups in total. The van der Waals surface area contributed by atoms with Crippen molar-refractivity contribution >= 4 is 34.1 Å². The van der Waals surface area contributed by atoms with Gasteiger partial charge < -0.3 is 10.1 Å². The van der Waals surface area contributed by atoms with E-state index in [1.807, 2.05) is 5.32 Å². The van der Waals surface area contributed by atoms with Gasteiger partial charge in [0.25, 0.3) is 11.8 Å². The summed E-state index contributed by atoms with van der Waals surface area (Å²) in [4.78, 5) is 36.7. The number of carbonyl (C=O) groups is 2. The number of alkyl halides is 6. The van der Waals surface area contributed by atoms with Gasteiger partial charge in [-0.3, -0.25) is 14.5 Å². The van der Waals surface area contributed by atoms with E-state index in [0.29, 0.717) is 27.5 Å². The second-order valence-corrected chi connectivity index (χ2v) is 10.6. The molecule has 18 heteroatoms. The zero-order chi connectivity index (χ0) is 34.7. The third-order valence-corrected chi connectivity index (χ3v) is 7.65. The number of benzene rings is 2. The number of ether oxygens (including phenoxy) is 1. The normalized spacial score (nSPS) is 13.0. The van der Waals surface area contributed by atoms with Crippen molar-refractivity contribution in [1.82, 2.24) is 34.7 Å². The molecule has 0 fully saturated rings. The first-order valence-corrected chi connectivity index (χ1v) is 14.1. The predicted molar refractivity (Wildman–Crippen MR) is 159 cm³/mol. The highest BCUT2D eigenvalue weighted by atomic mass is 19.4. The first kappa shape index (κ1) is 31.3. The number of pyridine rings is 2. The fraction of sp³-hybridized carbons (Fsp3) is 0.129. The average molecular weight is 680 g/mol. The van der Waals surface area contributed by atoms with Gasteiger partial charge in [0, 0.05) is 10.8 Å². The van der Waals surface area contributed by atoms with Crippen LogP contribution in [0.25, 0.3) is 22.3 Å². The maximum atomic E-state index is 14.6. The lowest BCUT2D eigenvalue weighted by Gasteiger charge is -2.18. The molecule has 49 heavy (non-hydrogen) atoms. The maximum absolute atomic E-state index is 14.6. The van der Waals surface area contributed by atoms with Gasteiger partial charge in [0.05, 0.1) is 67.1 Å². The molecule has 7 rings (SSSR count). The van der Waals surface area contributed by atoms with Gasteiger partial charge >= 0.3 is 12.4 Å². The van der Waals surface area contributed by atoms with E-state index in [9.17, 15) is 35.9 Å². The van der Waals surface area contributed by atoms with Crippen LogP contribution in [0, 0.1) is 0 Å². The highest BCUT2D eigenvalue weighted by Crippen LogP contribution is 2.41. The molecular formula is C31H19F6N9O3. The van der Waals surface area contributed by atoms with E-state index in [4.69, 9.17) is 4.74 Å². The average Bonchev–Trinajstić information content (AvgIpc) is 3.82. The second-order valence-electron chi connectivity index (χ2n) is 10.6. The van der Waals surface area contributed by atoms with Crippen LogP contribution in [0.1, 0.15) is 37.5 Å². The summed E-state index contributed by atoms with van der Waals surface area (Å²) in [5.74, 6) is -1.70. The number of hydrogen-bond acceptors (Lipinski definition) is 8. The van der Waals surface area contributed by atoms with E-state index >= 15 is 0 Å². The minimum atomic E-state index is -5.17. The fourth-order valence-electron chi connectivity index (χ4n) is 5.50. The van der Waals surface area contributed by atoms with Crippen molar-refractivity contribution in [3.8, 4) is 17.3 Å². The van der Waals surface area contributed by atoms with E-state index < -0.39 is 52.5 Å². The Bertz CT molecular complexity index is 2250. The smallest absolute Gasteiger partial charge is 0.434 e. The Hall–Kier alpha value is -6.33. The molecule has 2 aromatic carbocycles. The molecule has 0 atom stereocenters. The zero-order valence-electron chi connectivity index (χ0n) is 24.8. The molecule has 0 unspecified atom stereocenters. The van der Waals surface area contributed by atoms with Crippen LogP contribution in [0.3, 0.4) is 0 Å². The molecule has 1 aliphatic heterocycles. The summed E-state index contributed by atoms with van der Waals surface area (Å²) in [6.45, 7) is 0.114. The van der Waals surface area contributed by atoms with E-state index in [2.05, 4.69) is 25.3 Å². The van der Waals surface area contributed by atoms with Gasteiger partial charge in [-0.25, -0.2) is 14.6 Å². The van der Waals surface area contributed by atoms with Crippen LogP contribution in [-0.2, 0) is 18.9 Å². The number of carbonyl (C=O) groups excluding carboxylic acids is 2. The molecule has 0 bridgehead atoms. The van der Waals surface area contributed by atoms with Crippen molar-refractivity contribution in [2.24, 2.45) is 0 Å². The molecule has 0 spiro atoms. The summed E-state index contributed by atoms with van der Waals surface area (Å²) >= 11 is 0. The molecule has 0 saturated carbocycles. The van der Waals surface area contributed by atoms with Crippen LogP contribution in [0.4, 0.5) is 37.8 Å². The number of methoxy groups -OCH3 is 1. The van der Waals surface area contributed by atoms with Gasteiger partial charge in [0.1, 0.15) is 17.1 Å². The van der Waals surface area contributed by atoms with Gasteiger partial charge in [-0.1, -0.05) is 24.3 Å². The Morgan fingerprint density at radius 2 is 1.59 bits per heavy atom. The van der Waals surface area contributed by atoms with Crippen molar-refractivity contribution < 1.29 is 40.7 Å². The number of hydrogen-bond donors (Lipinski definition) is 1. The van der Waals surface area contributed by atoms with Gasteiger partial charge in [-0.15, -0.1) is 4.80 Å². The van der Waals surface area contributed by atoms with E-state index in [0.717, 1.165) is 30.4 Å². The SMILES string of the molecule is COc1ccc(CN2C(=O)c3cccc4c(-n5ncc(C(=O)Nc6cnc(-n7nccn7)c(C(F)(F)F)c6)c5C(F)(F)F)cnc2c34)cc1. The number of rotatable bonds is 7. The topological polar surface area (TPSA) is 133 Å². The standard InChI is InChI=1S/C31H19F6N9O3/c1-49-18-7-5-16(6-8-18)15-44-27-24-19(3-2-4-20(24)29(44)48)23(14-39-27)45-25(31(35,36)37)21(13-42-45)28(47)43-17-11-22(30(32,33)34)26(38-12-17)46-40-9-10-41-46/h2-14H,15H2,1H3,(H,43,47). The van der Waals surface area contributed by atoms with Crippen LogP contribution >= 0.6 is 0 Å². The Labute approximate surface area is 270 Å². The molecule has 4 aromatic heterocycles. The molecule has 0 aliphatic carbocycles. The van der Waals surface area contributed by atoms with Crippen LogP contribution < -0.4 is 15.0 Å². The van der Waals surface area contributed by atoms with Crippen LogP contribution in [0.15, 0.2) is 79.5 Å². The molecule has 1 aliphatic rings. The molecular weight excluding hydrogens is 660 g/mol. The Kier molecular flexibility index (Phi) is 7.29. The highest BCUT2D eigenvalue weighted by Gasteiger charge is 2.42. The molecule has 0 saturated heterocycles. The molecule has 0 radical (unpaired) electrons. The number of halogens is 6. The molecule has 2 amide bonds. The number of amides is 2. The molecule has 5 heterocycles. The van der Waals surface area contributed by atoms with Crippen molar-refractivity contribution in [2.75, 3.05) is 17.3 Å². The lowest BCUT2D eigenvalue weighted by Crippen LogP contribution is -2.26. The number of aromatic nitrogens is 7. The summed E-state index contributed by atoms with van der Waals surface area (Å²) in [6.07, 6.45) is -5.33. The van der Waals surface area contributed by atoms with Gasteiger partial charge in [-0.2, -0.15) is 41.6 Å². The lowest BCUT2D eigenvalue weighted by molar-refractivity contribution is -0.143. The van der Waals surface area contributed by atoms with Gasteiger partial charge in [0.15, 0.2) is 11.5 Å². The minimum Gasteiger partial charge on any atom is -0.497 e. The summed E-state index contributed by atoms with van der Waals surface area (Å²) in [6, 6.07) is 12.0. The third kappa shape index (κ3) is 5.45. The summed E-state index contributed by atoms with van der Waals surface area (Å²) < 4.78 is 91.1. The zero-order valence-corrected chi connectivity index (χ0v) is 24.8. The Morgan fingerprint density at radius 3 is 2.27 bits per heavy atom. The summed E-state index contributed by atoms with van der Waals surface area (Å²) in [5.41, 5.74) is -3.64. The van der Waals surface area contributed by atoms with Crippen molar-refractivity contribution in [3.63, 3.8) is 0 Å². The molecule has 6 aromatic rings. The van der Waals surface area contributed by atoms with E-state index in [1.54, 1.807) is 24.3 Å².